The van der Waals surface area contributed by atoms with Crippen molar-refractivity contribution in [1.29, 1.82) is 0 Å². The molecule has 4 heteroatoms. The number of halogens is 1. The number of nitrogens with zero attached hydrogens (tertiary/aromatic N) is 2. The Balaban J connectivity index is 2.20. The maximum atomic E-state index is 6.42. The molecular formula is C13H22ClN3. The van der Waals surface area contributed by atoms with Gasteiger partial charge in [0.2, 0.25) is 0 Å². The molecule has 1 aromatic heterocycles. The zero-order valence-corrected chi connectivity index (χ0v) is 11.7. The summed E-state index contributed by atoms with van der Waals surface area (Å²) in [7, 11) is 2.05. The van der Waals surface area contributed by atoms with Crippen molar-refractivity contribution < 1.29 is 0 Å². The van der Waals surface area contributed by atoms with Crippen molar-refractivity contribution in [2.24, 2.45) is 5.92 Å². The van der Waals surface area contributed by atoms with Crippen LogP contribution in [0.3, 0.4) is 0 Å². The van der Waals surface area contributed by atoms with Crippen LogP contribution in [0.5, 0.6) is 0 Å². The van der Waals surface area contributed by atoms with Crippen LogP contribution in [0.2, 0.25) is 5.02 Å². The maximum absolute atomic E-state index is 6.42. The average molecular weight is 256 g/mol. The minimum atomic E-state index is 0.555. The summed E-state index contributed by atoms with van der Waals surface area (Å²) in [5, 5.41) is 8.87. The SMILES string of the molecule is CCc1nn(CC)c(CC(NC)C2CC2)c1Cl. The number of hydrogen-bond acceptors (Lipinski definition) is 2. The first-order valence-corrected chi connectivity index (χ1v) is 7.00. The van der Waals surface area contributed by atoms with Crippen LogP contribution in [0.25, 0.3) is 0 Å². The summed E-state index contributed by atoms with van der Waals surface area (Å²) >= 11 is 6.42. The summed E-state index contributed by atoms with van der Waals surface area (Å²) in [6.07, 6.45) is 4.61. The number of rotatable bonds is 6. The Labute approximate surface area is 109 Å². The second kappa shape index (κ2) is 5.40. The number of aromatic nitrogens is 2. The molecule has 1 saturated carbocycles. The molecule has 1 heterocycles. The van der Waals surface area contributed by atoms with Gasteiger partial charge in [-0.05, 0) is 39.2 Å². The highest BCUT2D eigenvalue weighted by Gasteiger charge is 2.31. The summed E-state index contributed by atoms with van der Waals surface area (Å²) in [5.41, 5.74) is 2.24. The van der Waals surface area contributed by atoms with Crippen LogP contribution >= 0.6 is 11.6 Å². The van der Waals surface area contributed by atoms with Gasteiger partial charge in [-0.1, -0.05) is 18.5 Å². The zero-order valence-electron chi connectivity index (χ0n) is 11.0. The van der Waals surface area contributed by atoms with Crippen LogP contribution in [0.1, 0.15) is 38.1 Å². The standard InChI is InChI=1S/C13H22ClN3/c1-4-10-13(14)12(17(5-2)16-10)8-11(15-3)9-6-7-9/h9,11,15H,4-8H2,1-3H3. The van der Waals surface area contributed by atoms with Gasteiger partial charge in [-0.15, -0.1) is 0 Å². The van der Waals surface area contributed by atoms with E-state index in [2.05, 4.69) is 28.9 Å². The molecule has 1 aromatic rings. The van der Waals surface area contributed by atoms with Crippen molar-refractivity contribution in [1.82, 2.24) is 15.1 Å². The molecule has 1 N–H and O–H groups in total. The van der Waals surface area contributed by atoms with Crippen molar-refractivity contribution >= 4 is 11.6 Å². The lowest BCUT2D eigenvalue weighted by Crippen LogP contribution is -2.30. The van der Waals surface area contributed by atoms with Crippen LogP contribution in [0, 0.1) is 5.92 Å². The number of nitrogens with one attached hydrogen (secondary N) is 1. The third kappa shape index (κ3) is 2.66. The van der Waals surface area contributed by atoms with Gasteiger partial charge < -0.3 is 5.32 Å². The Kier molecular flexibility index (Phi) is 4.10. The fourth-order valence-electron chi connectivity index (χ4n) is 2.42. The number of aryl methyl sites for hydroxylation is 2. The lowest BCUT2D eigenvalue weighted by molar-refractivity contribution is 0.477. The zero-order chi connectivity index (χ0) is 12.4. The molecule has 0 bridgehead atoms. The molecule has 1 fully saturated rings. The molecule has 1 aliphatic rings. The predicted octanol–water partition coefficient (Wildman–Crippen LogP) is 2.66. The molecule has 0 saturated heterocycles. The van der Waals surface area contributed by atoms with E-state index in [0.29, 0.717) is 6.04 Å². The van der Waals surface area contributed by atoms with Gasteiger partial charge in [-0.25, -0.2) is 0 Å². The van der Waals surface area contributed by atoms with Crippen LogP contribution in [0.4, 0.5) is 0 Å². The Morgan fingerprint density at radius 1 is 1.47 bits per heavy atom. The molecule has 17 heavy (non-hydrogen) atoms. The molecule has 3 nitrogen and oxygen atoms in total. The van der Waals surface area contributed by atoms with Crippen molar-refractivity contribution in [2.75, 3.05) is 7.05 Å². The molecule has 2 rings (SSSR count). The van der Waals surface area contributed by atoms with Gasteiger partial charge in [-0.2, -0.15) is 5.10 Å². The topological polar surface area (TPSA) is 29.9 Å². The van der Waals surface area contributed by atoms with E-state index in [0.717, 1.165) is 36.0 Å². The second-order valence-corrected chi connectivity index (χ2v) is 5.19. The van der Waals surface area contributed by atoms with Gasteiger partial charge in [0, 0.05) is 19.0 Å². The van der Waals surface area contributed by atoms with E-state index in [1.54, 1.807) is 0 Å². The summed E-state index contributed by atoms with van der Waals surface area (Å²) in [5.74, 6) is 0.835. The summed E-state index contributed by atoms with van der Waals surface area (Å²) < 4.78 is 2.06. The lowest BCUT2D eigenvalue weighted by atomic mass is 10.1. The Hall–Kier alpha value is -0.540. The highest BCUT2D eigenvalue weighted by molar-refractivity contribution is 6.31. The summed E-state index contributed by atoms with van der Waals surface area (Å²) in [4.78, 5) is 0. The highest BCUT2D eigenvalue weighted by Crippen LogP contribution is 2.35. The monoisotopic (exact) mass is 255 g/mol. The Bertz CT molecular complexity index is 382. The third-order valence-electron chi connectivity index (χ3n) is 3.67. The molecule has 0 spiro atoms. The highest BCUT2D eigenvalue weighted by atomic mass is 35.5. The van der Waals surface area contributed by atoms with E-state index in [4.69, 9.17) is 11.6 Å². The maximum Gasteiger partial charge on any atom is 0.0850 e. The molecular weight excluding hydrogens is 234 g/mol. The van der Waals surface area contributed by atoms with E-state index in [1.165, 1.54) is 18.5 Å². The van der Waals surface area contributed by atoms with Gasteiger partial charge in [-0.3, -0.25) is 4.68 Å². The summed E-state index contributed by atoms with van der Waals surface area (Å²) in [6, 6.07) is 0.555. The van der Waals surface area contributed by atoms with E-state index >= 15 is 0 Å². The second-order valence-electron chi connectivity index (χ2n) is 4.81. The first-order chi connectivity index (χ1) is 8.21. The van der Waals surface area contributed by atoms with E-state index in [1.807, 2.05) is 7.05 Å². The fraction of sp³-hybridized carbons (Fsp3) is 0.769. The van der Waals surface area contributed by atoms with Gasteiger partial charge in [0.1, 0.15) is 0 Å². The molecule has 0 amide bonds. The Morgan fingerprint density at radius 3 is 2.65 bits per heavy atom. The molecule has 1 atom stereocenters. The smallest absolute Gasteiger partial charge is 0.0850 e. The average Bonchev–Trinajstić information content (AvgIpc) is 3.13. The lowest BCUT2D eigenvalue weighted by Gasteiger charge is -2.16. The molecule has 1 aliphatic carbocycles. The van der Waals surface area contributed by atoms with E-state index < -0.39 is 0 Å². The first kappa shape index (κ1) is 12.9. The van der Waals surface area contributed by atoms with E-state index in [-0.39, 0.29) is 0 Å². The third-order valence-corrected chi connectivity index (χ3v) is 4.11. The van der Waals surface area contributed by atoms with Gasteiger partial charge in [0.15, 0.2) is 0 Å². The minimum absolute atomic E-state index is 0.555. The van der Waals surface area contributed by atoms with Crippen LogP contribution in [-0.2, 0) is 19.4 Å². The van der Waals surface area contributed by atoms with Crippen LogP contribution in [-0.4, -0.2) is 22.9 Å². The van der Waals surface area contributed by atoms with Crippen molar-refractivity contribution in [3.8, 4) is 0 Å². The largest absolute Gasteiger partial charge is 0.316 e. The molecule has 0 aromatic carbocycles. The quantitative estimate of drug-likeness (QED) is 0.847. The Morgan fingerprint density at radius 2 is 2.18 bits per heavy atom. The number of hydrogen-bond donors (Lipinski definition) is 1. The summed E-state index contributed by atoms with van der Waals surface area (Å²) in [6.45, 7) is 5.13. The fourth-order valence-corrected chi connectivity index (χ4v) is 2.77. The van der Waals surface area contributed by atoms with Gasteiger partial charge >= 0.3 is 0 Å². The predicted molar refractivity (Wildman–Crippen MR) is 71.6 cm³/mol. The van der Waals surface area contributed by atoms with E-state index in [9.17, 15) is 0 Å². The van der Waals surface area contributed by atoms with Crippen LogP contribution in [0.15, 0.2) is 0 Å². The van der Waals surface area contributed by atoms with Crippen molar-refractivity contribution in [3.05, 3.63) is 16.4 Å². The van der Waals surface area contributed by atoms with Gasteiger partial charge in [0.05, 0.1) is 16.4 Å². The number of likely N-dealkylation sites (N-methyl/N-ethyl adjacent to an activating group) is 1. The van der Waals surface area contributed by atoms with Crippen molar-refractivity contribution in [2.45, 2.75) is 52.1 Å². The molecule has 1 unspecified atom stereocenters. The van der Waals surface area contributed by atoms with Crippen LogP contribution < -0.4 is 5.32 Å². The minimum Gasteiger partial charge on any atom is -0.316 e. The molecule has 0 aliphatic heterocycles. The molecule has 96 valence electrons. The first-order valence-electron chi connectivity index (χ1n) is 6.62. The van der Waals surface area contributed by atoms with Crippen molar-refractivity contribution in [3.63, 3.8) is 0 Å². The normalized spacial score (nSPS) is 17.4. The van der Waals surface area contributed by atoms with Gasteiger partial charge in [0.25, 0.3) is 0 Å². The molecule has 0 radical (unpaired) electrons.